The van der Waals surface area contributed by atoms with Crippen LogP contribution in [-0.4, -0.2) is 39.0 Å². The van der Waals surface area contributed by atoms with Crippen LogP contribution in [-0.2, 0) is 16.0 Å². The summed E-state index contributed by atoms with van der Waals surface area (Å²) < 4.78 is 42.2. The number of rotatable bonds is 5. The van der Waals surface area contributed by atoms with Crippen molar-refractivity contribution >= 4 is 11.8 Å². The summed E-state index contributed by atoms with van der Waals surface area (Å²) in [7, 11) is 2.74. The molecular formula is C15H16F2O5. The third-order valence-electron chi connectivity index (χ3n) is 3.77. The normalized spacial score (nSPS) is 20.0. The Hall–Kier alpha value is -2.18. The molecule has 7 heteroatoms. The second-order valence-corrected chi connectivity index (χ2v) is 4.83. The van der Waals surface area contributed by atoms with E-state index < -0.39 is 30.0 Å². The first-order valence-corrected chi connectivity index (χ1v) is 6.68. The number of esters is 1. The van der Waals surface area contributed by atoms with Gasteiger partial charge in [0.15, 0.2) is 22.7 Å². The van der Waals surface area contributed by atoms with Crippen molar-refractivity contribution in [3.63, 3.8) is 0 Å². The van der Waals surface area contributed by atoms with Crippen LogP contribution in [0.5, 0.6) is 11.5 Å². The molecule has 1 aliphatic rings. The van der Waals surface area contributed by atoms with Crippen LogP contribution in [0.15, 0.2) is 12.1 Å². The van der Waals surface area contributed by atoms with E-state index in [9.17, 15) is 18.4 Å². The highest BCUT2D eigenvalue weighted by Gasteiger charge is 2.60. The van der Waals surface area contributed by atoms with Crippen molar-refractivity contribution in [3.05, 3.63) is 23.3 Å². The van der Waals surface area contributed by atoms with Gasteiger partial charge in [-0.1, -0.05) is 0 Å². The first kappa shape index (κ1) is 16.2. The Morgan fingerprint density at radius 1 is 1.32 bits per heavy atom. The van der Waals surface area contributed by atoms with Gasteiger partial charge in [-0.15, -0.1) is 0 Å². The molecule has 120 valence electrons. The maximum Gasteiger partial charge on any atom is 0.326 e. The van der Waals surface area contributed by atoms with Gasteiger partial charge in [0.1, 0.15) is 0 Å². The number of hydrogen-bond donors (Lipinski definition) is 0. The van der Waals surface area contributed by atoms with E-state index in [1.54, 1.807) is 0 Å². The summed E-state index contributed by atoms with van der Waals surface area (Å²) in [5.74, 6) is -1.67. The van der Waals surface area contributed by atoms with Gasteiger partial charge in [0.25, 0.3) is 6.43 Å². The molecule has 0 aliphatic heterocycles. The van der Waals surface area contributed by atoms with E-state index in [0.29, 0.717) is 5.75 Å². The molecule has 0 radical (unpaired) electrons. The molecular weight excluding hydrogens is 298 g/mol. The van der Waals surface area contributed by atoms with Gasteiger partial charge in [0, 0.05) is 17.5 Å². The SMILES string of the molecule is CCOC(=O)C1(C(F)F)Cc2c(ccc(OC)c2OC)C1=O. The number of alkyl halides is 2. The van der Waals surface area contributed by atoms with Crippen molar-refractivity contribution in [2.75, 3.05) is 20.8 Å². The molecule has 0 amide bonds. The zero-order valence-corrected chi connectivity index (χ0v) is 12.4. The highest BCUT2D eigenvalue weighted by Crippen LogP contribution is 2.48. The fourth-order valence-electron chi connectivity index (χ4n) is 2.67. The molecule has 0 saturated carbocycles. The zero-order chi connectivity index (χ0) is 16.5. The van der Waals surface area contributed by atoms with Gasteiger partial charge in [0.2, 0.25) is 0 Å². The Bertz CT molecular complexity index is 614. The summed E-state index contributed by atoms with van der Waals surface area (Å²) >= 11 is 0. The Balaban J connectivity index is 2.60. The smallest absolute Gasteiger partial charge is 0.326 e. The second kappa shape index (κ2) is 5.90. The van der Waals surface area contributed by atoms with Gasteiger partial charge in [0.05, 0.1) is 20.8 Å². The maximum absolute atomic E-state index is 13.6. The number of methoxy groups -OCH3 is 2. The summed E-state index contributed by atoms with van der Waals surface area (Å²) in [5, 5.41) is 0. The first-order valence-electron chi connectivity index (χ1n) is 6.68. The average Bonchev–Trinajstić information content (AvgIpc) is 2.80. The molecule has 1 aliphatic carbocycles. The Labute approximate surface area is 126 Å². The van der Waals surface area contributed by atoms with Gasteiger partial charge < -0.3 is 14.2 Å². The number of hydrogen-bond acceptors (Lipinski definition) is 5. The zero-order valence-electron chi connectivity index (χ0n) is 12.4. The van der Waals surface area contributed by atoms with Gasteiger partial charge in [-0.25, -0.2) is 8.78 Å². The monoisotopic (exact) mass is 314 g/mol. The van der Waals surface area contributed by atoms with Crippen LogP contribution in [0.25, 0.3) is 0 Å². The summed E-state index contributed by atoms with van der Waals surface area (Å²) in [5.41, 5.74) is -2.25. The van der Waals surface area contributed by atoms with Gasteiger partial charge in [-0.05, 0) is 19.1 Å². The van der Waals surface area contributed by atoms with Gasteiger partial charge in [-0.3, -0.25) is 9.59 Å². The summed E-state index contributed by atoms with van der Waals surface area (Å²) in [6.45, 7) is 1.41. The molecule has 0 aromatic heterocycles. The topological polar surface area (TPSA) is 61.8 Å². The van der Waals surface area contributed by atoms with Crippen LogP contribution in [0.4, 0.5) is 8.78 Å². The van der Waals surface area contributed by atoms with E-state index in [1.807, 2.05) is 0 Å². The van der Waals surface area contributed by atoms with Crippen molar-refractivity contribution < 1.29 is 32.6 Å². The quantitative estimate of drug-likeness (QED) is 0.616. The lowest BCUT2D eigenvalue weighted by atomic mass is 9.84. The molecule has 5 nitrogen and oxygen atoms in total. The number of carbonyl (C=O) groups is 2. The second-order valence-electron chi connectivity index (χ2n) is 4.83. The van der Waals surface area contributed by atoms with Crippen molar-refractivity contribution in [1.29, 1.82) is 0 Å². The predicted molar refractivity (Wildman–Crippen MR) is 72.7 cm³/mol. The lowest BCUT2D eigenvalue weighted by Gasteiger charge is -2.23. The van der Waals surface area contributed by atoms with Crippen molar-refractivity contribution in [2.45, 2.75) is 19.8 Å². The standard InChI is InChI=1S/C15H16F2O5/c1-4-22-14(19)15(13(16)17)7-9-8(12(15)18)5-6-10(20-2)11(9)21-3/h5-6,13H,4,7H2,1-3H3. The fraction of sp³-hybridized carbons (Fsp3) is 0.467. The number of ether oxygens (including phenoxy) is 3. The number of ketones is 1. The molecule has 0 N–H and O–H groups in total. The van der Waals surface area contributed by atoms with Crippen LogP contribution < -0.4 is 9.47 Å². The molecule has 1 aromatic carbocycles. The summed E-state index contributed by atoms with van der Waals surface area (Å²) in [6.07, 6.45) is -3.65. The van der Waals surface area contributed by atoms with Crippen LogP contribution in [0, 0.1) is 5.41 Å². The van der Waals surface area contributed by atoms with Crippen molar-refractivity contribution in [1.82, 2.24) is 0 Å². The Morgan fingerprint density at radius 3 is 2.50 bits per heavy atom. The minimum absolute atomic E-state index is 0.0333. The molecule has 22 heavy (non-hydrogen) atoms. The van der Waals surface area contributed by atoms with E-state index in [-0.39, 0.29) is 23.5 Å². The van der Waals surface area contributed by atoms with Crippen LogP contribution in [0.3, 0.4) is 0 Å². The van der Waals surface area contributed by atoms with E-state index in [1.165, 1.54) is 33.3 Å². The summed E-state index contributed by atoms with van der Waals surface area (Å²) in [4.78, 5) is 24.5. The molecule has 1 atom stereocenters. The van der Waals surface area contributed by atoms with Crippen molar-refractivity contribution in [2.24, 2.45) is 5.41 Å². The molecule has 2 rings (SSSR count). The van der Waals surface area contributed by atoms with Crippen LogP contribution >= 0.6 is 0 Å². The molecule has 0 heterocycles. The van der Waals surface area contributed by atoms with Crippen LogP contribution in [0.1, 0.15) is 22.8 Å². The van der Waals surface area contributed by atoms with Gasteiger partial charge >= 0.3 is 5.97 Å². The third-order valence-corrected chi connectivity index (χ3v) is 3.77. The van der Waals surface area contributed by atoms with E-state index in [4.69, 9.17) is 14.2 Å². The number of halogens is 2. The lowest BCUT2D eigenvalue weighted by Crippen LogP contribution is -2.45. The highest BCUT2D eigenvalue weighted by atomic mass is 19.3. The molecule has 0 spiro atoms. The van der Waals surface area contributed by atoms with E-state index >= 15 is 0 Å². The molecule has 0 bridgehead atoms. The predicted octanol–water partition coefficient (Wildman–Crippen LogP) is 2.26. The average molecular weight is 314 g/mol. The minimum atomic E-state index is -3.18. The van der Waals surface area contributed by atoms with Gasteiger partial charge in [-0.2, -0.15) is 0 Å². The van der Waals surface area contributed by atoms with E-state index in [0.717, 1.165) is 0 Å². The fourth-order valence-corrected chi connectivity index (χ4v) is 2.67. The summed E-state index contributed by atoms with van der Waals surface area (Å²) in [6, 6.07) is 2.81. The minimum Gasteiger partial charge on any atom is -0.493 e. The lowest BCUT2D eigenvalue weighted by molar-refractivity contribution is -0.159. The molecule has 0 fully saturated rings. The van der Waals surface area contributed by atoms with Crippen molar-refractivity contribution in [3.8, 4) is 11.5 Å². The number of carbonyl (C=O) groups excluding carboxylic acids is 2. The molecule has 0 saturated heterocycles. The first-order chi connectivity index (χ1) is 10.4. The third kappa shape index (κ3) is 2.12. The molecule has 1 unspecified atom stereocenters. The largest absolute Gasteiger partial charge is 0.493 e. The molecule has 1 aromatic rings. The Kier molecular flexibility index (Phi) is 4.35. The highest BCUT2D eigenvalue weighted by molar-refractivity contribution is 6.17. The number of benzene rings is 1. The van der Waals surface area contributed by atoms with E-state index in [2.05, 4.69) is 0 Å². The number of Topliss-reactive ketones (excluding diaryl/α,β-unsaturated/α-hetero) is 1. The Morgan fingerprint density at radius 2 is 2.00 bits per heavy atom. The number of fused-ring (bicyclic) bond motifs is 1. The maximum atomic E-state index is 13.6. The van der Waals surface area contributed by atoms with Crippen LogP contribution in [0.2, 0.25) is 0 Å².